The minimum atomic E-state index is 0.489. The van der Waals surface area contributed by atoms with Gasteiger partial charge in [0.15, 0.2) is 5.96 Å². The summed E-state index contributed by atoms with van der Waals surface area (Å²) in [7, 11) is 0. The first kappa shape index (κ1) is 14.8. The first-order chi connectivity index (χ1) is 7.85. The molecule has 0 unspecified atom stereocenters. The van der Waals surface area contributed by atoms with Crippen molar-refractivity contribution in [3.63, 3.8) is 0 Å². The molecule has 4 heteroatoms. The van der Waals surface area contributed by atoms with Crippen LogP contribution in [0.2, 0.25) is 0 Å². The van der Waals surface area contributed by atoms with Crippen LogP contribution >= 0.6 is 0 Å². The number of rotatable bonds is 8. The van der Waals surface area contributed by atoms with Crippen LogP contribution in [0, 0.1) is 12.3 Å². The summed E-state index contributed by atoms with van der Waals surface area (Å²) in [5, 5.41) is 6.13. The lowest BCUT2D eigenvalue weighted by Crippen LogP contribution is -2.37. The Labute approximate surface area is 98.9 Å². The SMILES string of the molecule is C#CCNC(=NCCOCCCC)NCC. The van der Waals surface area contributed by atoms with Crippen LogP contribution in [0.3, 0.4) is 0 Å². The molecule has 0 aromatic heterocycles. The van der Waals surface area contributed by atoms with Crippen molar-refractivity contribution < 1.29 is 4.74 Å². The number of nitrogens with zero attached hydrogens (tertiary/aromatic N) is 1. The first-order valence-electron chi connectivity index (χ1n) is 5.88. The minimum absolute atomic E-state index is 0.489. The second-order valence-corrected chi connectivity index (χ2v) is 3.28. The van der Waals surface area contributed by atoms with Crippen LogP contribution in [-0.2, 0) is 4.74 Å². The third-order valence-corrected chi connectivity index (χ3v) is 1.85. The van der Waals surface area contributed by atoms with Crippen molar-refractivity contribution in [2.75, 3.05) is 32.8 Å². The third kappa shape index (κ3) is 9.35. The van der Waals surface area contributed by atoms with Gasteiger partial charge in [-0.15, -0.1) is 6.42 Å². The van der Waals surface area contributed by atoms with Crippen molar-refractivity contribution in [1.82, 2.24) is 10.6 Å². The highest BCUT2D eigenvalue weighted by atomic mass is 16.5. The van der Waals surface area contributed by atoms with E-state index in [1.54, 1.807) is 0 Å². The Morgan fingerprint density at radius 3 is 2.75 bits per heavy atom. The molecule has 0 aromatic rings. The van der Waals surface area contributed by atoms with Gasteiger partial charge in [0.25, 0.3) is 0 Å². The molecule has 4 nitrogen and oxygen atoms in total. The molecule has 0 bridgehead atoms. The fraction of sp³-hybridized carbons (Fsp3) is 0.750. The number of hydrogen-bond donors (Lipinski definition) is 2. The molecule has 0 saturated carbocycles. The zero-order valence-electron chi connectivity index (χ0n) is 10.4. The Balaban J connectivity index is 3.63. The predicted molar refractivity (Wildman–Crippen MR) is 68.5 cm³/mol. The van der Waals surface area contributed by atoms with Gasteiger partial charge >= 0.3 is 0 Å². The number of terminal acetylenes is 1. The van der Waals surface area contributed by atoms with E-state index in [1.165, 1.54) is 0 Å². The number of hydrogen-bond acceptors (Lipinski definition) is 2. The summed E-state index contributed by atoms with van der Waals surface area (Å²) in [4.78, 5) is 4.32. The van der Waals surface area contributed by atoms with E-state index >= 15 is 0 Å². The van der Waals surface area contributed by atoms with E-state index in [0.29, 0.717) is 19.7 Å². The largest absolute Gasteiger partial charge is 0.380 e. The van der Waals surface area contributed by atoms with Crippen LogP contribution in [0.5, 0.6) is 0 Å². The molecule has 0 spiro atoms. The number of nitrogens with one attached hydrogen (secondary N) is 2. The Kier molecular flexibility index (Phi) is 11.0. The van der Waals surface area contributed by atoms with Gasteiger partial charge in [-0.3, -0.25) is 4.99 Å². The van der Waals surface area contributed by atoms with Crippen molar-refractivity contribution >= 4 is 5.96 Å². The topological polar surface area (TPSA) is 45.7 Å². The molecule has 0 atom stereocenters. The molecular weight excluding hydrogens is 202 g/mol. The summed E-state index contributed by atoms with van der Waals surface area (Å²) in [6.45, 7) is 7.62. The summed E-state index contributed by atoms with van der Waals surface area (Å²) in [6.07, 6.45) is 7.44. The molecule has 0 aromatic carbocycles. The molecule has 2 N–H and O–H groups in total. The van der Waals surface area contributed by atoms with Gasteiger partial charge in [-0.25, -0.2) is 0 Å². The average molecular weight is 225 g/mol. The third-order valence-electron chi connectivity index (χ3n) is 1.85. The van der Waals surface area contributed by atoms with Crippen molar-refractivity contribution in [2.45, 2.75) is 26.7 Å². The Morgan fingerprint density at radius 2 is 2.12 bits per heavy atom. The maximum absolute atomic E-state index is 5.40. The van der Waals surface area contributed by atoms with E-state index in [1.807, 2.05) is 6.92 Å². The molecule has 0 aliphatic rings. The highest BCUT2D eigenvalue weighted by molar-refractivity contribution is 5.79. The van der Waals surface area contributed by atoms with E-state index in [9.17, 15) is 0 Å². The van der Waals surface area contributed by atoms with Gasteiger partial charge in [0, 0.05) is 13.2 Å². The summed E-state index contributed by atoms with van der Waals surface area (Å²) >= 11 is 0. The molecule has 0 fully saturated rings. The molecule has 0 amide bonds. The van der Waals surface area contributed by atoms with Crippen molar-refractivity contribution in [3.05, 3.63) is 0 Å². The van der Waals surface area contributed by atoms with E-state index < -0.39 is 0 Å². The first-order valence-corrected chi connectivity index (χ1v) is 5.88. The number of guanidine groups is 1. The molecule has 0 aliphatic heterocycles. The number of aliphatic imine (C=N–C) groups is 1. The standard InChI is InChI=1S/C12H23N3O/c1-4-7-10-16-11-9-15-12(13-6-3)14-8-5-2/h2H,4,6-11H2,1,3H3,(H2,13,14,15). The summed E-state index contributed by atoms with van der Waals surface area (Å²) in [5.41, 5.74) is 0. The maximum Gasteiger partial charge on any atom is 0.192 e. The summed E-state index contributed by atoms with van der Waals surface area (Å²) < 4.78 is 5.40. The highest BCUT2D eigenvalue weighted by Crippen LogP contribution is 1.87. The van der Waals surface area contributed by atoms with E-state index in [0.717, 1.165) is 32.0 Å². The van der Waals surface area contributed by atoms with Gasteiger partial charge in [-0.2, -0.15) is 0 Å². The van der Waals surface area contributed by atoms with Crippen LogP contribution in [0.1, 0.15) is 26.7 Å². The van der Waals surface area contributed by atoms with E-state index in [2.05, 4.69) is 28.5 Å². The molecule has 0 saturated heterocycles. The smallest absolute Gasteiger partial charge is 0.192 e. The minimum Gasteiger partial charge on any atom is -0.380 e. The molecule has 92 valence electrons. The predicted octanol–water partition coefficient (Wildman–Crippen LogP) is 0.991. The molecule has 0 rings (SSSR count). The molecule has 0 aliphatic carbocycles. The Morgan fingerprint density at radius 1 is 1.31 bits per heavy atom. The zero-order chi connectivity index (χ0) is 12.1. The number of ether oxygens (including phenoxy) is 1. The van der Waals surface area contributed by atoms with Crippen LogP contribution in [0.25, 0.3) is 0 Å². The Hall–Kier alpha value is -1.21. The van der Waals surface area contributed by atoms with Gasteiger partial charge in [-0.1, -0.05) is 19.3 Å². The normalized spacial score (nSPS) is 10.9. The van der Waals surface area contributed by atoms with Crippen molar-refractivity contribution in [2.24, 2.45) is 4.99 Å². The van der Waals surface area contributed by atoms with E-state index in [-0.39, 0.29) is 0 Å². The van der Waals surface area contributed by atoms with Gasteiger partial charge in [0.2, 0.25) is 0 Å². The lowest BCUT2D eigenvalue weighted by Gasteiger charge is -2.08. The van der Waals surface area contributed by atoms with E-state index in [4.69, 9.17) is 11.2 Å². The van der Waals surface area contributed by atoms with Crippen LogP contribution in [0.15, 0.2) is 4.99 Å². The summed E-state index contributed by atoms with van der Waals surface area (Å²) in [5.74, 6) is 3.26. The second kappa shape index (κ2) is 11.9. The second-order valence-electron chi connectivity index (χ2n) is 3.28. The summed E-state index contributed by atoms with van der Waals surface area (Å²) in [6, 6.07) is 0. The van der Waals surface area contributed by atoms with Gasteiger partial charge in [-0.05, 0) is 13.3 Å². The number of unbranched alkanes of at least 4 members (excludes halogenated alkanes) is 1. The van der Waals surface area contributed by atoms with Crippen LogP contribution < -0.4 is 10.6 Å². The van der Waals surface area contributed by atoms with Crippen molar-refractivity contribution in [1.29, 1.82) is 0 Å². The lowest BCUT2D eigenvalue weighted by atomic mass is 10.4. The fourth-order valence-electron chi connectivity index (χ4n) is 1.05. The monoisotopic (exact) mass is 225 g/mol. The van der Waals surface area contributed by atoms with Crippen molar-refractivity contribution in [3.8, 4) is 12.3 Å². The molecular formula is C12H23N3O. The van der Waals surface area contributed by atoms with Crippen LogP contribution in [0.4, 0.5) is 0 Å². The quantitative estimate of drug-likeness (QED) is 0.280. The average Bonchev–Trinajstić information content (AvgIpc) is 2.30. The van der Waals surface area contributed by atoms with Gasteiger partial charge < -0.3 is 15.4 Å². The highest BCUT2D eigenvalue weighted by Gasteiger charge is 1.93. The molecule has 16 heavy (non-hydrogen) atoms. The molecule has 0 heterocycles. The molecule has 0 radical (unpaired) electrons. The van der Waals surface area contributed by atoms with Crippen LogP contribution in [-0.4, -0.2) is 38.8 Å². The zero-order valence-corrected chi connectivity index (χ0v) is 10.4. The Bertz CT molecular complexity index is 221. The lowest BCUT2D eigenvalue weighted by molar-refractivity contribution is 0.139. The fourth-order valence-corrected chi connectivity index (χ4v) is 1.05. The maximum atomic E-state index is 5.40. The van der Waals surface area contributed by atoms with Gasteiger partial charge in [0.05, 0.1) is 19.7 Å². The van der Waals surface area contributed by atoms with Gasteiger partial charge in [0.1, 0.15) is 0 Å².